The Morgan fingerprint density at radius 1 is 1.16 bits per heavy atom. The summed E-state index contributed by atoms with van der Waals surface area (Å²) >= 11 is 6.13. The lowest BCUT2D eigenvalue weighted by Gasteiger charge is -2.40. The van der Waals surface area contributed by atoms with E-state index in [2.05, 4.69) is 5.32 Å². The lowest BCUT2D eigenvalue weighted by atomic mass is 9.64. The molecular weight excluding hydrogens is 334 g/mol. The van der Waals surface area contributed by atoms with Crippen LogP contribution in [0.4, 0.5) is 0 Å². The van der Waals surface area contributed by atoms with Crippen LogP contribution in [0.15, 0.2) is 48.5 Å². The van der Waals surface area contributed by atoms with Gasteiger partial charge in [0.2, 0.25) is 5.91 Å². The van der Waals surface area contributed by atoms with Crippen LogP contribution >= 0.6 is 11.6 Å². The molecule has 0 aliphatic heterocycles. The molecule has 0 unspecified atom stereocenters. The van der Waals surface area contributed by atoms with Crippen molar-refractivity contribution in [3.8, 4) is 0 Å². The third kappa shape index (κ3) is 3.88. The second kappa shape index (κ2) is 8.03. The minimum absolute atomic E-state index is 0.0900. The first-order chi connectivity index (χ1) is 12.2. The molecule has 132 valence electrons. The van der Waals surface area contributed by atoms with E-state index in [1.807, 2.05) is 55.5 Å². The highest BCUT2D eigenvalue weighted by Crippen LogP contribution is 2.44. The highest BCUT2D eigenvalue weighted by Gasteiger charge is 2.45. The zero-order valence-corrected chi connectivity index (χ0v) is 15.3. The van der Waals surface area contributed by atoms with Crippen LogP contribution in [0.3, 0.4) is 0 Å². The van der Waals surface area contributed by atoms with Gasteiger partial charge in [-0.1, -0.05) is 54.4 Å². The van der Waals surface area contributed by atoms with Gasteiger partial charge in [0, 0.05) is 18.2 Å². The number of benzene rings is 2. The van der Waals surface area contributed by atoms with Crippen LogP contribution in [0, 0.1) is 0 Å². The Kier molecular flexibility index (Phi) is 5.77. The Hall–Kier alpha value is -1.84. The highest BCUT2D eigenvalue weighted by atomic mass is 35.5. The zero-order valence-electron chi connectivity index (χ0n) is 14.6. The minimum atomic E-state index is -0.431. The van der Waals surface area contributed by atoms with Gasteiger partial charge in [0.15, 0.2) is 0 Å². The highest BCUT2D eigenvalue weighted by molar-refractivity contribution is 6.30. The maximum atomic E-state index is 13.0. The van der Waals surface area contributed by atoms with Gasteiger partial charge in [-0.2, -0.15) is 0 Å². The lowest BCUT2D eigenvalue weighted by molar-refractivity contribution is -0.130. The number of carbonyl (C=O) groups is 1. The normalized spacial score (nSPS) is 15.4. The van der Waals surface area contributed by atoms with Crippen LogP contribution in [0.5, 0.6) is 0 Å². The van der Waals surface area contributed by atoms with Crippen molar-refractivity contribution in [2.24, 2.45) is 0 Å². The summed E-state index contributed by atoms with van der Waals surface area (Å²) in [4.78, 5) is 13.0. The molecule has 1 aliphatic rings. The van der Waals surface area contributed by atoms with Crippen molar-refractivity contribution >= 4 is 17.5 Å². The van der Waals surface area contributed by atoms with Crippen LogP contribution in [0.25, 0.3) is 0 Å². The molecule has 2 aromatic carbocycles. The van der Waals surface area contributed by atoms with E-state index in [0.717, 1.165) is 36.0 Å². The predicted octanol–water partition coefficient (Wildman–Crippen LogP) is 4.61. The third-order valence-corrected chi connectivity index (χ3v) is 5.27. The molecule has 2 aromatic rings. The first kappa shape index (κ1) is 18.0. The molecular formula is C21H24ClNO2. The molecule has 0 radical (unpaired) electrons. The van der Waals surface area contributed by atoms with Crippen molar-refractivity contribution in [3.63, 3.8) is 0 Å². The Bertz CT molecular complexity index is 740. The molecule has 4 heteroatoms. The number of ether oxygens (including phenoxy) is 1. The van der Waals surface area contributed by atoms with Gasteiger partial charge < -0.3 is 10.1 Å². The monoisotopic (exact) mass is 357 g/mol. The molecule has 3 nitrogen and oxygen atoms in total. The fourth-order valence-electron chi connectivity index (χ4n) is 3.39. The van der Waals surface area contributed by atoms with E-state index >= 15 is 0 Å². The van der Waals surface area contributed by atoms with E-state index in [1.165, 1.54) is 0 Å². The minimum Gasteiger partial charge on any atom is -0.377 e. The van der Waals surface area contributed by atoms with Gasteiger partial charge in [-0.25, -0.2) is 0 Å². The summed E-state index contributed by atoms with van der Waals surface area (Å²) in [5, 5.41) is 3.82. The predicted molar refractivity (Wildman–Crippen MR) is 101 cm³/mol. The molecule has 0 bridgehead atoms. The molecule has 1 saturated carbocycles. The van der Waals surface area contributed by atoms with Crippen LogP contribution in [0.1, 0.15) is 42.9 Å². The second-order valence-electron chi connectivity index (χ2n) is 6.53. The van der Waals surface area contributed by atoms with Gasteiger partial charge in [0.25, 0.3) is 0 Å². The first-order valence-electron chi connectivity index (χ1n) is 8.84. The number of hydrogen-bond acceptors (Lipinski definition) is 2. The summed E-state index contributed by atoms with van der Waals surface area (Å²) < 4.78 is 5.52. The molecule has 1 amide bonds. The second-order valence-corrected chi connectivity index (χ2v) is 6.97. The van der Waals surface area contributed by atoms with E-state index in [1.54, 1.807) is 0 Å². The summed E-state index contributed by atoms with van der Waals surface area (Å²) in [6.45, 7) is 3.75. The molecule has 0 saturated heterocycles. The lowest BCUT2D eigenvalue weighted by Crippen LogP contribution is -2.49. The van der Waals surface area contributed by atoms with E-state index in [9.17, 15) is 4.79 Å². The van der Waals surface area contributed by atoms with Gasteiger partial charge in [-0.15, -0.1) is 0 Å². The van der Waals surface area contributed by atoms with Crippen molar-refractivity contribution in [3.05, 3.63) is 70.2 Å². The fraction of sp³-hybridized carbons (Fsp3) is 0.381. The van der Waals surface area contributed by atoms with E-state index in [4.69, 9.17) is 16.3 Å². The van der Waals surface area contributed by atoms with Crippen molar-refractivity contribution < 1.29 is 9.53 Å². The summed E-state index contributed by atoms with van der Waals surface area (Å²) in [6.07, 6.45) is 2.82. The zero-order chi connectivity index (χ0) is 17.7. The topological polar surface area (TPSA) is 38.3 Å². The molecule has 0 heterocycles. The molecule has 3 rings (SSSR count). The number of amides is 1. The summed E-state index contributed by atoms with van der Waals surface area (Å²) in [7, 11) is 0. The Balaban J connectivity index is 1.72. The molecule has 0 aromatic heterocycles. The van der Waals surface area contributed by atoms with Gasteiger partial charge in [-0.3, -0.25) is 4.79 Å². The summed E-state index contributed by atoms with van der Waals surface area (Å²) in [6, 6.07) is 15.8. The van der Waals surface area contributed by atoms with Crippen molar-refractivity contribution in [2.75, 3.05) is 6.61 Å². The largest absolute Gasteiger partial charge is 0.377 e. The Morgan fingerprint density at radius 2 is 1.92 bits per heavy atom. The van der Waals surface area contributed by atoms with Crippen LogP contribution in [-0.2, 0) is 28.1 Å². The molecule has 1 aliphatic carbocycles. The summed E-state index contributed by atoms with van der Waals surface area (Å²) in [5.74, 6) is 0.0900. The number of nitrogens with one attached hydrogen (secondary N) is 1. The van der Waals surface area contributed by atoms with Crippen LogP contribution in [-0.4, -0.2) is 12.5 Å². The van der Waals surface area contributed by atoms with Crippen molar-refractivity contribution in [1.29, 1.82) is 0 Å². The quantitative estimate of drug-likeness (QED) is 0.785. The maximum absolute atomic E-state index is 13.0. The first-order valence-corrected chi connectivity index (χ1v) is 9.22. The SMILES string of the molecule is CCOCc1ccccc1CNC(=O)C1(c2cccc(Cl)c2)CCC1. The number of halogens is 1. The summed E-state index contributed by atoms with van der Waals surface area (Å²) in [5.41, 5.74) is 2.81. The van der Waals surface area contributed by atoms with Crippen LogP contribution < -0.4 is 5.32 Å². The number of carbonyl (C=O) groups excluding carboxylic acids is 1. The molecule has 1 fully saturated rings. The van der Waals surface area contributed by atoms with E-state index in [-0.39, 0.29) is 5.91 Å². The average molecular weight is 358 g/mol. The Morgan fingerprint density at radius 3 is 2.56 bits per heavy atom. The van der Waals surface area contributed by atoms with Crippen molar-refractivity contribution in [1.82, 2.24) is 5.32 Å². The standard InChI is InChI=1S/C21H24ClNO2/c1-2-25-15-17-8-4-3-7-16(17)14-23-20(24)21(11-6-12-21)18-9-5-10-19(22)13-18/h3-5,7-10,13H,2,6,11-12,14-15H2,1H3,(H,23,24). The van der Waals surface area contributed by atoms with Gasteiger partial charge in [0.05, 0.1) is 12.0 Å². The van der Waals surface area contributed by atoms with Gasteiger partial charge >= 0.3 is 0 Å². The number of hydrogen-bond donors (Lipinski definition) is 1. The Labute approximate surface area is 154 Å². The third-order valence-electron chi connectivity index (χ3n) is 5.04. The maximum Gasteiger partial charge on any atom is 0.230 e. The van der Waals surface area contributed by atoms with Crippen molar-refractivity contribution in [2.45, 2.75) is 44.8 Å². The van der Waals surface area contributed by atoms with Gasteiger partial charge in [0.1, 0.15) is 0 Å². The van der Waals surface area contributed by atoms with E-state index in [0.29, 0.717) is 24.8 Å². The molecule has 0 spiro atoms. The number of rotatable bonds is 7. The average Bonchev–Trinajstić information content (AvgIpc) is 2.58. The van der Waals surface area contributed by atoms with Crippen LogP contribution in [0.2, 0.25) is 5.02 Å². The molecule has 0 atom stereocenters. The fourth-order valence-corrected chi connectivity index (χ4v) is 3.58. The molecule has 25 heavy (non-hydrogen) atoms. The van der Waals surface area contributed by atoms with Gasteiger partial charge in [-0.05, 0) is 48.6 Å². The smallest absolute Gasteiger partial charge is 0.230 e. The van der Waals surface area contributed by atoms with E-state index < -0.39 is 5.41 Å². The molecule has 1 N–H and O–H groups in total.